The van der Waals surface area contributed by atoms with Crippen LogP contribution >= 0.6 is 11.3 Å². The monoisotopic (exact) mass is 1040 g/mol. The standard InChI is InChI=1S/2C16H13N4.C15H10N3O.C15H10N3S/c2*1-18-15-12-6-2-3-8-19(12)10-13(15)20-9-11-5-4-7-17-14(11)16(18)20;2*1-2-7-17-9-12-14(11(17)5-1)18-8-10-4-3-6-16-13(10)15(18)19-12/h2*2-8,10H,9H2,1H3;2*1-7,9H,8H2/q4*+1/i1D3;;;. The largest absolute Gasteiger partial charge is 0.401 e. The van der Waals surface area contributed by atoms with Crippen LogP contribution in [0.3, 0.4) is 0 Å². The summed E-state index contributed by atoms with van der Waals surface area (Å²) in [6.07, 6.45) is 23.9. The molecule has 372 valence electrons. The van der Waals surface area contributed by atoms with Gasteiger partial charge in [-0.05, 0) is 84.9 Å². The summed E-state index contributed by atoms with van der Waals surface area (Å²) in [7, 11) is 2.13. The molecule has 0 saturated carbocycles. The van der Waals surface area contributed by atoms with E-state index in [2.05, 4.69) is 150 Å². The van der Waals surface area contributed by atoms with Crippen molar-refractivity contribution < 1.29 is 26.8 Å². The Morgan fingerprint density at radius 2 is 0.936 bits per heavy atom. The van der Waals surface area contributed by atoms with Gasteiger partial charge in [0.1, 0.15) is 28.8 Å². The lowest BCUT2D eigenvalue weighted by Gasteiger charge is -1.95. The minimum atomic E-state index is -2.27. The van der Waals surface area contributed by atoms with Gasteiger partial charge in [0.25, 0.3) is 10.5 Å². The quantitative estimate of drug-likeness (QED) is 0.141. The first-order chi connectivity index (χ1) is 39.7. The molecule has 0 aliphatic carbocycles. The first-order valence-electron chi connectivity index (χ1n) is 27.4. The molecule has 15 nitrogen and oxygen atoms in total. The van der Waals surface area contributed by atoms with Crippen molar-refractivity contribution in [2.75, 3.05) is 0 Å². The number of thiazole rings is 1. The molecule has 0 atom stereocenters. The summed E-state index contributed by atoms with van der Waals surface area (Å²) in [4.78, 5) is 18.0. The Morgan fingerprint density at radius 3 is 1.54 bits per heavy atom. The van der Waals surface area contributed by atoms with Gasteiger partial charge in [-0.15, -0.1) is 4.57 Å². The molecule has 16 aromatic rings. The summed E-state index contributed by atoms with van der Waals surface area (Å²) < 4.78 is 52.6. The summed E-state index contributed by atoms with van der Waals surface area (Å²) in [6.45, 7) is 1.06. The second-order valence-electron chi connectivity index (χ2n) is 20.1. The van der Waals surface area contributed by atoms with Gasteiger partial charge < -0.3 is 22.0 Å². The number of aryl methyl sites for hydroxylation is 2. The van der Waals surface area contributed by atoms with Crippen LogP contribution in [0, 0.1) is 0 Å². The summed E-state index contributed by atoms with van der Waals surface area (Å²) in [5.74, 6) is 2.74. The van der Waals surface area contributed by atoms with Crippen molar-refractivity contribution in [2.24, 2.45) is 14.0 Å². The first-order valence-corrected chi connectivity index (χ1v) is 26.7. The third kappa shape index (κ3) is 6.08. The van der Waals surface area contributed by atoms with E-state index in [0.29, 0.717) is 12.4 Å². The number of rotatable bonds is 0. The molecule has 16 aromatic heterocycles. The highest BCUT2D eigenvalue weighted by molar-refractivity contribution is 7.21. The van der Waals surface area contributed by atoms with Crippen LogP contribution in [0.5, 0.6) is 0 Å². The van der Waals surface area contributed by atoms with E-state index < -0.39 is 6.98 Å². The molecule has 0 amide bonds. The minimum Gasteiger partial charge on any atom is -0.395 e. The molecule has 4 aliphatic rings. The molecule has 78 heavy (non-hydrogen) atoms. The van der Waals surface area contributed by atoms with E-state index >= 15 is 0 Å². The van der Waals surface area contributed by atoms with Gasteiger partial charge in [0.05, 0.1) is 58.9 Å². The zero-order valence-corrected chi connectivity index (χ0v) is 42.7. The van der Waals surface area contributed by atoms with Crippen LogP contribution in [-0.4, -0.2) is 46.7 Å². The molecule has 0 N–H and O–H groups in total. The molecule has 0 radical (unpaired) electrons. The highest BCUT2D eigenvalue weighted by Gasteiger charge is 2.39. The zero-order chi connectivity index (χ0) is 53.8. The van der Waals surface area contributed by atoms with Crippen molar-refractivity contribution in [2.45, 2.75) is 26.2 Å². The van der Waals surface area contributed by atoms with Gasteiger partial charge in [0.15, 0.2) is 57.9 Å². The number of nitrogens with zero attached hydrogens (tertiary/aromatic N) is 14. The molecule has 0 spiro atoms. The maximum absolute atomic E-state index is 8.04. The van der Waals surface area contributed by atoms with Crippen molar-refractivity contribution >= 4 is 76.8 Å². The first kappa shape index (κ1) is 40.3. The fraction of sp³-hybridized carbons (Fsp3) is 0.0968. The van der Waals surface area contributed by atoms with Gasteiger partial charge in [-0.1, -0.05) is 47.7 Å². The van der Waals surface area contributed by atoms with Gasteiger partial charge in [0, 0.05) is 66.9 Å². The third-order valence-electron chi connectivity index (χ3n) is 15.9. The molecule has 20 rings (SSSR count). The topological polar surface area (TPSA) is 108 Å². The van der Waals surface area contributed by atoms with Crippen LogP contribution in [0.25, 0.3) is 111 Å². The number of fused-ring (bicyclic) bond motifs is 28. The van der Waals surface area contributed by atoms with E-state index in [1.807, 2.05) is 118 Å². The SMILES string of the molecule is C[n+]1c2n(c3cn4ccccc4c31)Cc1cccnc1-2.[2H]C([2H])([2H])[n+]1c2n(c3cn4ccccc4c31)Cc1cccnc1-2.c1cnc2c(c1)C[n+]1c-2oc2cn3ccccc3c21.c1cnc2c(c1)C[n+]1c-2sc2cn3ccccc3c21. The average molecular weight is 1040 g/mol. The fourth-order valence-corrected chi connectivity index (χ4v) is 13.7. The molecule has 20 heterocycles. The smallest absolute Gasteiger partial charge is 0.395 e. The molecular weight excluding hydrogens is 989 g/mol. The Kier molecular flexibility index (Phi) is 8.38. The lowest BCUT2D eigenvalue weighted by atomic mass is 10.2. The van der Waals surface area contributed by atoms with Crippen molar-refractivity contribution in [3.8, 4) is 45.3 Å². The molecule has 4 aliphatic heterocycles. The number of oxazole rings is 1. The van der Waals surface area contributed by atoms with Crippen LogP contribution in [0.15, 0.2) is 200 Å². The second-order valence-corrected chi connectivity index (χ2v) is 21.2. The van der Waals surface area contributed by atoms with Gasteiger partial charge in [0.2, 0.25) is 11.1 Å². The van der Waals surface area contributed by atoms with Crippen molar-refractivity contribution in [3.05, 3.63) is 218 Å². The normalized spacial score (nSPS) is 13.8. The van der Waals surface area contributed by atoms with E-state index in [0.717, 1.165) is 81.5 Å². The molecule has 16 heteroatoms. The summed E-state index contributed by atoms with van der Waals surface area (Å²) >= 11 is 1.83. The van der Waals surface area contributed by atoms with E-state index in [1.54, 1.807) is 6.20 Å². The van der Waals surface area contributed by atoms with Crippen LogP contribution < -0.4 is 18.3 Å². The Labute approximate surface area is 451 Å². The van der Waals surface area contributed by atoms with Gasteiger partial charge >= 0.3 is 17.5 Å². The zero-order valence-electron chi connectivity index (χ0n) is 44.9. The van der Waals surface area contributed by atoms with Crippen LogP contribution in [-0.2, 0) is 40.2 Å². The predicted molar refractivity (Wildman–Crippen MR) is 298 cm³/mol. The number of imidazole rings is 2. The average Bonchev–Trinajstić information content (AvgIpc) is 4.44. The van der Waals surface area contributed by atoms with Crippen molar-refractivity contribution in [3.63, 3.8) is 0 Å². The Balaban J connectivity index is 0.0000000863. The van der Waals surface area contributed by atoms with Gasteiger partial charge in [-0.3, -0.25) is 0 Å². The number of hydrogen-bond donors (Lipinski definition) is 0. The van der Waals surface area contributed by atoms with Crippen molar-refractivity contribution in [1.82, 2.24) is 46.7 Å². The number of aromatic nitrogens is 14. The van der Waals surface area contributed by atoms with E-state index in [-0.39, 0.29) is 0 Å². The second kappa shape index (κ2) is 16.2. The van der Waals surface area contributed by atoms with Gasteiger partial charge in [-0.2, -0.15) is 4.57 Å². The van der Waals surface area contributed by atoms with Crippen LogP contribution in [0.1, 0.15) is 26.4 Å². The Bertz CT molecular complexity index is 5140. The highest BCUT2D eigenvalue weighted by Crippen LogP contribution is 2.38. The Hall–Kier alpha value is -10.1. The minimum absolute atomic E-state index is 0.648. The molecule has 0 fully saturated rings. The van der Waals surface area contributed by atoms with E-state index in [4.69, 9.17) is 8.53 Å². The number of hydrogen-bond acceptors (Lipinski definition) is 6. The lowest BCUT2D eigenvalue weighted by Crippen LogP contribution is -2.30. The highest BCUT2D eigenvalue weighted by atomic mass is 32.1. The summed E-state index contributed by atoms with van der Waals surface area (Å²) in [6, 6.07) is 41.0. The third-order valence-corrected chi connectivity index (χ3v) is 17.0. The maximum Gasteiger partial charge on any atom is 0.401 e. The number of pyridine rings is 8. The molecule has 0 saturated heterocycles. The Morgan fingerprint density at radius 1 is 0.462 bits per heavy atom. The van der Waals surface area contributed by atoms with Crippen molar-refractivity contribution in [1.29, 1.82) is 0 Å². The molecule has 0 bridgehead atoms. The molecule has 0 unspecified atom stereocenters. The summed E-state index contributed by atoms with van der Waals surface area (Å²) in [5.41, 5.74) is 21.0. The van der Waals surface area contributed by atoms with Gasteiger partial charge in [-0.25, -0.2) is 38.2 Å². The predicted octanol–water partition coefficient (Wildman–Crippen LogP) is 9.55. The van der Waals surface area contributed by atoms with Crippen LogP contribution in [0.2, 0.25) is 0 Å². The van der Waals surface area contributed by atoms with E-state index in [9.17, 15) is 0 Å². The van der Waals surface area contributed by atoms with Crippen LogP contribution in [0.4, 0.5) is 0 Å². The molecular formula is C62H46N14OS+4. The van der Waals surface area contributed by atoms with E-state index in [1.165, 1.54) is 69.9 Å². The maximum atomic E-state index is 8.04. The molecule has 0 aromatic carbocycles. The fourth-order valence-electron chi connectivity index (χ4n) is 12.5. The summed E-state index contributed by atoms with van der Waals surface area (Å²) in [5, 5.41) is 1.28. The lowest BCUT2D eigenvalue weighted by molar-refractivity contribution is -0.648.